The first-order chi connectivity index (χ1) is 7.88. The van der Waals surface area contributed by atoms with Crippen LogP contribution in [-0.4, -0.2) is 0 Å². The van der Waals surface area contributed by atoms with E-state index in [-0.39, 0.29) is 0 Å². The number of hydrogen-bond donors (Lipinski definition) is 0. The molecule has 0 atom stereocenters. The van der Waals surface area contributed by atoms with Crippen molar-refractivity contribution in [2.75, 3.05) is 0 Å². The molecule has 0 saturated carbocycles. The molecule has 0 aliphatic heterocycles. The van der Waals surface area contributed by atoms with Crippen molar-refractivity contribution < 1.29 is 0 Å². The lowest BCUT2D eigenvalue weighted by Crippen LogP contribution is -2.04. The second-order valence-electron chi connectivity index (χ2n) is 5.05. The molecule has 0 spiro atoms. The van der Waals surface area contributed by atoms with E-state index in [2.05, 4.69) is 13.5 Å². The van der Waals surface area contributed by atoms with Gasteiger partial charge in [-0.25, -0.2) is 0 Å². The molecule has 0 nitrogen and oxygen atoms in total. The average Bonchev–Trinajstić information content (AvgIpc) is 2.27. The predicted molar refractivity (Wildman–Crippen MR) is 73.7 cm³/mol. The van der Waals surface area contributed by atoms with Gasteiger partial charge in [-0.05, 0) is 51.4 Å². The lowest BCUT2D eigenvalue weighted by atomic mass is 9.82. The van der Waals surface area contributed by atoms with Crippen LogP contribution < -0.4 is 0 Å². The second-order valence-corrected chi connectivity index (χ2v) is 5.05. The first kappa shape index (κ1) is 13.5. The lowest BCUT2D eigenvalue weighted by molar-refractivity contribution is 0.602. The highest BCUT2D eigenvalue weighted by Crippen LogP contribution is 2.35. The van der Waals surface area contributed by atoms with Gasteiger partial charge >= 0.3 is 0 Å². The molecular weight excluding hydrogens is 192 g/mol. The Bertz CT molecular complexity index is 222. The van der Waals surface area contributed by atoms with Gasteiger partial charge in [-0.2, -0.15) is 0 Å². The van der Waals surface area contributed by atoms with Crippen LogP contribution in [0.5, 0.6) is 0 Å². The van der Waals surface area contributed by atoms with E-state index in [9.17, 15) is 0 Å². The van der Waals surface area contributed by atoms with Gasteiger partial charge in [0, 0.05) is 0 Å². The molecule has 0 aromatic heterocycles. The van der Waals surface area contributed by atoms with Gasteiger partial charge in [0.2, 0.25) is 0 Å². The van der Waals surface area contributed by atoms with Crippen LogP contribution >= 0.6 is 0 Å². The van der Waals surface area contributed by atoms with E-state index in [0.29, 0.717) is 0 Å². The standard InChI is InChI=1S/C16H28/c1-3-5-7-9-11-15-13-14-16(15)12-10-8-6-4-2/h3H,1,4-14H2,2H3. The molecular formula is C16H28. The zero-order valence-electron chi connectivity index (χ0n) is 11.1. The van der Waals surface area contributed by atoms with Crippen molar-refractivity contribution in [3.8, 4) is 0 Å². The number of hydrogen-bond acceptors (Lipinski definition) is 0. The summed E-state index contributed by atoms with van der Waals surface area (Å²) in [5.74, 6) is 0. The Morgan fingerprint density at radius 3 is 2.06 bits per heavy atom. The number of rotatable bonds is 10. The van der Waals surface area contributed by atoms with E-state index >= 15 is 0 Å². The Balaban J connectivity index is 2.08. The van der Waals surface area contributed by atoms with Gasteiger partial charge in [0.1, 0.15) is 0 Å². The maximum atomic E-state index is 3.77. The summed E-state index contributed by atoms with van der Waals surface area (Å²) in [6.45, 7) is 6.06. The Hall–Kier alpha value is -0.520. The average molecular weight is 220 g/mol. The zero-order valence-corrected chi connectivity index (χ0v) is 11.1. The highest BCUT2D eigenvalue weighted by molar-refractivity contribution is 5.24. The quantitative estimate of drug-likeness (QED) is 0.323. The van der Waals surface area contributed by atoms with Gasteiger partial charge in [0.05, 0.1) is 0 Å². The predicted octanol–water partition coefficient (Wildman–Crippen LogP) is 5.79. The zero-order chi connectivity index (χ0) is 11.6. The van der Waals surface area contributed by atoms with Crippen LogP contribution in [0.25, 0.3) is 0 Å². The van der Waals surface area contributed by atoms with E-state index < -0.39 is 0 Å². The fraction of sp³-hybridized carbons (Fsp3) is 0.750. The summed E-state index contributed by atoms with van der Waals surface area (Å²) in [6.07, 6.45) is 17.2. The molecule has 1 aliphatic rings. The van der Waals surface area contributed by atoms with Crippen LogP contribution in [0.3, 0.4) is 0 Å². The minimum Gasteiger partial charge on any atom is -0.103 e. The summed E-state index contributed by atoms with van der Waals surface area (Å²) in [5, 5.41) is 0. The first-order valence-corrected chi connectivity index (χ1v) is 7.19. The van der Waals surface area contributed by atoms with Gasteiger partial charge in [0.25, 0.3) is 0 Å². The van der Waals surface area contributed by atoms with Crippen molar-refractivity contribution in [2.45, 2.75) is 77.6 Å². The fourth-order valence-corrected chi connectivity index (χ4v) is 2.47. The maximum Gasteiger partial charge on any atom is -0.0280 e. The highest BCUT2D eigenvalue weighted by atomic mass is 14.2. The SMILES string of the molecule is C=CCCCCC1=C(CCCCCC)CC1. The largest absolute Gasteiger partial charge is 0.103 e. The smallest absolute Gasteiger partial charge is 0.0280 e. The summed E-state index contributed by atoms with van der Waals surface area (Å²) >= 11 is 0. The van der Waals surface area contributed by atoms with E-state index in [1.54, 1.807) is 5.57 Å². The molecule has 92 valence electrons. The van der Waals surface area contributed by atoms with Gasteiger partial charge in [-0.15, -0.1) is 6.58 Å². The highest BCUT2D eigenvalue weighted by Gasteiger charge is 2.15. The van der Waals surface area contributed by atoms with E-state index in [0.717, 1.165) is 0 Å². The van der Waals surface area contributed by atoms with Crippen LogP contribution in [-0.2, 0) is 0 Å². The number of unbranched alkanes of at least 4 members (excludes halogenated alkanes) is 5. The van der Waals surface area contributed by atoms with Crippen LogP contribution in [0, 0.1) is 0 Å². The van der Waals surface area contributed by atoms with Crippen LogP contribution in [0.2, 0.25) is 0 Å². The van der Waals surface area contributed by atoms with Gasteiger partial charge in [0.15, 0.2) is 0 Å². The monoisotopic (exact) mass is 220 g/mol. The molecule has 1 rings (SSSR count). The molecule has 0 saturated heterocycles. The Morgan fingerprint density at radius 1 is 0.938 bits per heavy atom. The molecule has 0 fully saturated rings. The van der Waals surface area contributed by atoms with Crippen LogP contribution in [0.15, 0.2) is 23.8 Å². The van der Waals surface area contributed by atoms with Crippen LogP contribution in [0.4, 0.5) is 0 Å². The number of allylic oxidation sites excluding steroid dienone is 3. The third kappa shape index (κ3) is 5.01. The third-order valence-corrected chi connectivity index (χ3v) is 3.70. The van der Waals surface area contributed by atoms with E-state index in [1.807, 2.05) is 11.6 Å². The summed E-state index contributed by atoms with van der Waals surface area (Å²) < 4.78 is 0. The molecule has 0 heteroatoms. The van der Waals surface area contributed by atoms with E-state index in [1.165, 1.54) is 70.6 Å². The first-order valence-electron chi connectivity index (χ1n) is 7.19. The molecule has 0 N–H and O–H groups in total. The van der Waals surface area contributed by atoms with Crippen LogP contribution in [0.1, 0.15) is 77.6 Å². The molecule has 0 amide bonds. The van der Waals surface area contributed by atoms with Crippen molar-refractivity contribution in [2.24, 2.45) is 0 Å². The summed E-state index contributed by atoms with van der Waals surface area (Å²) in [5.41, 5.74) is 3.62. The molecule has 0 bridgehead atoms. The second kappa shape index (κ2) is 8.61. The van der Waals surface area contributed by atoms with Crippen molar-refractivity contribution in [1.29, 1.82) is 0 Å². The summed E-state index contributed by atoms with van der Waals surface area (Å²) in [4.78, 5) is 0. The normalized spacial score (nSPS) is 15.1. The lowest BCUT2D eigenvalue weighted by Gasteiger charge is -2.24. The minimum atomic E-state index is 1.19. The Kier molecular flexibility index (Phi) is 7.29. The van der Waals surface area contributed by atoms with Crippen molar-refractivity contribution in [3.05, 3.63) is 23.8 Å². The Morgan fingerprint density at radius 2 is 1.56 bits per heavy atom. The summed E-state index contributed by atoms with van der Waals surface area (Å²) in [6, 6.07) is 0. The van der Waals surface area contributed by atoms with Crippen molar-refractivity contribution in [1.82, 2.24) is 0 Å². The van der Waals surface area contributed by atoms with E-state index in [4.69, 9.17) is 0 Å². The summed E-state index contributed by atoms with van der Waals surface area (Å²) in [7, 11) is 0. The fourth-order valence-electron chi connectivity index (χ4n) is 2.47. The van der Waals surface area contributed by atoms with Gasteiger partial charge < -0.3 is 0 Å². The Labute approximate surface area is 102 Å². The molecule has 0 radical (unpaired) electrons. The topological polar surface area (TPSA) is 0 Å². The molecule has 1 aliphatic carbocycles. The van der Waals surface area contributed by atoms with Gasteiger partial charge in [-0.3, -0.25) is 0 Å². The van der Waals surface area contributed by atoms with Crippen molar-refractivity contribution in [3.63, 3.8) is 0 Å². The molecule has 0 aromatic rings. The molecule has 0 aromatic carbocycles. The van der Waals surface area contributed by atoms with Crippen molar-refractivity contribution >= 4 is 0 Å². The minimum absolute atomic E-state index is 1.19. The molecule has 0 heterocycles. The third-order valence-electron chi connectivity index (χ3n) is 3.70. The van der Waals surface area contributed by atoms with Gasteiger partial charge in [-0.1, -0.05) is 43.4 Å². The maximum absolute atomic E-state index is 3.77. The molecule has 0 unspecified atom stereocenters. The molecule has 16 heavy (non-hydrogen) atoms.